The van der Waals surface area contributed by atoms with Crippen molar-refractivity contribution < 1.29 is 9.47 Å². The van der Waals surface area contributed by atoms with E-state index in [1.165, 1.54) is 33.4 Å². The third-order valence-corrected chi connectivity index (χ3v) is 7.86. The molecule has 0 saturated carbocycles. The van der Waals surface area contributed by atoms with Gasteiger partial charge in [0.1, 0.15) is 0 Å². The average Bonchev–Trinajstić information content (AvgIpc) is 3.15. The molecular weight excluding hydrogens is 440 g/mol. The van der Waals surface area contributed by atoms with E-state index in [9.17, 15) is 0 Å². The van der Waals surface area contributed by atoms with Crippen LogP contribution in [0, 0.1) is 0 Å². The molecule has 0 radical (unpaired) electrons. The smallest absolute Gasteiger partial charge is 0.177 e. The summed E-state index contributed by atoms with van der Waals surface area (Å²) in [7, 11) is 0. The van der Waals surface area contributed by atoms with E-state index >= 15 is 0 Å². The molecule has 0 N–H and O–H groups in total. The lowest BCUT2D eigenvalue weighted by Gasteiger charge is -2.27. The molecule has 2 heteroatoms. The van der Waals surface area contributed by atoms with E-state index in [1.807, 2.05) is 6.07 Å². The summed E-state index contributed by atoms with van der Waals surface area (Å²) in [6.07, 6.45) is 7.64. The zero-order valence-electron chi connectivity index (χ0n) is 20.7. The molecule has 0 unspecified atom stereocenters. The van der Waals surface area contributed by atoms with Gasteiger partial charge < -0.3 is 9.47 Å². The van der Waals surface area contributed by atoms with Gasteiger partial charge in [0, 0.05) is 16.5 Å². The lowest BCUT2D eigenvalue weighted by molar-refractivity contribution is 0.359. The molecule has 0 atom stereocenters. The fraction of sp³-hybridized carbons (Fsp3) is 0.176. The van der Waals surface area contributed by atoms with Crippen molar-refractivity contribution in [1.82, 2.24) is 0 Å². The number of ether oxygens (including phenoxy) is 2. The van der Waals surface area contributed by atoms with Crippen LogP contribution in [0.15, 0.2) is 103 Å². The van der Waals surface area contributed by atoms with Crippen LogP contribution in [0.1, 0.15) is 48.9 Å². The van der Waals surface area contributed by atoms with Gasteiger partial charge in [-0.25, -0.2) is 0 Å². The van der Waals surface area contributed by atoms with Crippen molar-refractivity contribution in [3.8, 4) is 34.1 Å². The first kappa shape index (κ1) is 21.3. The highest BCUT2D eigenvalue weighted by atomic mass is 16.6. The molecule has 1 heterocycles. The summed E-state index contributed by atoms with van der Waals surface area (Å²) in [4.78, 5) is 0. The van der Waals surface area contributed by atoms with Crippen LogP contribution >= 0.6 is 0 Å². The second-order valence-electron chi connectivity index (χ2n) is 10.5. The predicted octanol–water partition coefficient (Wildman–Crippen LogP) is 9.24. The molecule has 36 heavy (non-hydrogen) atoms. The summed E-state index contributed by atoms with van der Waals surface area (Å²) < 4.78 is 13.2. The molecule has 1 aliphatic heterocycles. The molecule has 176 valence electrons. The van der Waals surface area contributed by atoms with Crippen molar-refractivity contribution >= 4 is 5.57 Å². The lowest BCUT2D eigenvalue weighted by Crippen LogP contribution is -2.16. The molecular formula is C34H28O2. The van der Waals surface area contributed by atoms with Gasteiger partial charge in [-0.15, -0.1) is 0 Å². The Morgan fingerprint density at radius 1 is 0.722 bits per heavy atom. The van der Waals surface area contributed by atoms with Crippen LogP contribution in [0.5, 0.6) is 23.0 Å². The maximum absolute atomic E-state index is 6.64. The van der Waals surface area contributed by atoms with E-state index < -0.39 is 0 Å². The van der Waals surface area contributed by atoms with E-state index in [0.29, 0.717) is 0 Å². The van der Waals surface area contributed by atoms with Crippen LogP contribution in [0.3, 0.4) is 0 Å². The van der Waals surface area contributed by atoms with Gasteiger partial charge >= 0.3 is 0 Å². The molecule has 0 fully saturated rings. The predicted molar refractivity (Wildman–Crippen MR) is 146 cm³/mol. The topological polar surface area (TPSA) is 18.5 Å². The fourth-order valence-electron chi connectivity index (χ4n) is 6.00. The van der Waals surface area contributed by atoms with Crippen molar-refractivity contribution in [2.24, 2.45) is 0 Å². The molecule has 0 spiro atoms. The van der Waals surface area contributed by atoms with Gasteiger partial charge in [0.25, 0.3) is 0 Å². The maximum atomic E-state index is 6.64. The average molecular weight is 469 g/mol. The Balaban J connectivity index is 1.25. The molecule has 2 aliphatic carbocycles. The van der Waals surface area contributed by atoms with Gasteiger partial charge in [0.15, 0.2) is 23.0 Å². The van der Waals surface area contributed by atoms with Crippen LogP contribution in [0.4, 0.5) is 0 Å². The standard InChI is InChI=1S/C34H28O2/c1-34(2)27-13-7-6-11-26(27)31-28(34)19-20-30-33(31)36-29-14-8-12-25(32(29)35-30)24-17-15-23(16-18-24)21-22-9-4-3-5-10-22/h3-5,7-10,12-20H,6,11,21H2,1-2H3. The first-order valence-electron chi connectivity index (χ1n) is 12.8. The Hall–Kier alpha value is -4.04. The molecule has 3 aliphatic rings. The van der Waals surface area contributed by atoms with Crippen LogP contribution in [0.25, 0.3) is 16.7 Å². The molecule has 2 nitrogen and oxygen atoms in total. The number of benzene rings is 4. The Bertz CT molecular complexity index is 1550. The molecule has 7 rings (SSSR count). The number of fused-ring (bicyclic) bond motifs is 5. The minimum absolute atomic E-state index is 0.0242. The quantitative estimate of drug-likeness (QED) is 0.263. The first-order valence-corrected chi connectivity index (χ1v) is 12.8. The Kier molecular flexibility index (Phi) is 4.72. The monoisotopic (exact) mass is 468 g/mol. The van der Waals surface area contributed by atoms with Crippen molar-refractivity contribution in [3.05, 3.63) is 125 Å². The van der Waals surface area contributed by atoms with Gasteiger partial charge in [0.2, 0.25) is 0 Å². The summed E-state index contributed by atoms with van der Waals surface area (Å²) in [5.74, 6) is 3.23. The van der Waals surface area contributed by atoms with Crippen LogP contribution in [-0.2, 0) is 11.8 Å². The van der Waals surface area contributed by atoms with Gasteiger partial charge in [-0.2, -0.15) is 0 Å². The fourth-order valence-corrected chi connectivity index (χ4v) is 6.00. The van der Waals surface area contributed by atoms with E-state index in [0.717, 1.165) is 53.4 Å². The zero-order valence-corrected chi connectivity index (χ0v) is 20.7. The van der Waals surface area contributed by atoms with E-state index in [2.05, 4.69) is 105 Å². The van der Waals surface area contributed by atoms with Crippen molar-refractivity contribution in [2.75, 3.05) is 0 Å². The summed E-state index contributed by atoms with van der Waals surface area (Å²) in [6, 6.07) is 29.9. The van der Waals surface area contributed by atoms with E-state index in [-0.39, 0.29) is 5.41 Å². The number of hydrogen-bond donors (Lipinski definition) is 0. The highest BCUT2D eigenvalue weighted by Gasteiger charge is 2.41. The summed E-state index contributed by atoms with van der Waals surface area (Å²) in [5.41, 5.74) is 10.1. The Morgan fingerprint density at radius 2 is 1.47 bits per heavy atom. The second kappa shape index (κ2) is 7.99. The van der Waals surface area contributed by atoms with E-state index in [1.54, 1.807) is 0 Å². The third kappa shape index (κ3) is 3.25. The number of allylic oxidation sites excluding steroid dienone is 4. The van der Waals surface area contributed by atoms with Gasteiger partial charge in [-0.05, 0) is 64.8 Å². The number of hydrogen-bond acceptors (Lipinski definition) is 2. The summed E-state index contributed by atoms with van der Waals surface area (Å²) in [5, 5.41) is 0. The number of rotatable bonds is 3. The largest absolute Gasteiger partial charge is 0.449 e. The highest BCUT2D eigenvalue weighted by molar-refractivity contribution is 5.89. The second-order valence-corrected chi connectivity index (χ2v) is 10.5. The third-order valence-electron chi connectivity index (χ3n) is 7.86. The van der Waals surface area contributed by atoms with Crippen LogP contribution in [-0.4, -0.2) is 0 Å². The zero-order chi connectivity index (χ0) is 24.3. The molecule has 4 aromatic rings. The summed E-state index contributed by atoms with van der Waals surface area (Å²) >= 11 is 0. The summed E-state index contributed by atoms with van der Waals surface area (Å²) in [6.45, 7) is 4.63. The van der Waals surface area contributed by atoms with Gasteiger partial charge in [-0.3, -0.25) is 0 Å². The number of para-hydroxylation sites is 1. The van der Waals surface area contributed by atoms with E-state index in [4.69, 9.17) is 9.47 Å². The van der Waals surface area contributed by atoms with Crippen molar-refractivity contribution in [2.45, 2.75) is 38.5 Å². The first-order chi connectivity index (χ1) is 17.6. The van der Waals surface area contributed by atoms with Crippen molar-refractivity contribution in [3.63, 3.8) is 0 Å². The Labute approximate surface area is 212 Å². The molecule has 0 saturated heterocycles. The Morgan fingerprint density at radius 3 is 2.31 bits per heavy atom. The SMILES string of the molecule is CC1(C)C2=C(CCC=C2)c2c1ccc1c2Oc2cccc(-c3ccc(Cc4ccccc4)cc3)c2O1. The van der Waals surface area contributed by atoms with Gasteiger partial charge in [-0.1, -0.05) is 98.8 Å². The normalized spacial score (nSPS) is 16.4. The van der Waals surface area contributed by atoms with Gasteiger partial charge in [0.05, 0.1) is 0 Å². The molecule has 0 bridgehead atoms. The van der Waals surface area contributed by atoms with Crippen molar-refractivity contribution in [1.29, 1.82) is 0 Å². The lowest BCUT2D eigenvalue weighted by atomic mass is 9.80. The minimum Gasteiger partial charge on any atom is -0.449 e. The molecule has 0 aromatic heterocycles. The minimum atomic E-state index is -0.0242. The van der Waals surface area contributed by atoms with Crippen LogP contribution < -0.4 is 9.47 Å². The highest BCUT2D eigenvalue weighted by Crippen LogP contribution is 2.59. The molecule has 4 aromatic carbocycles. The maximum Gasteiger partial charge on any atom is 0.177 e. The molecule has 0 amide bonds. The van der Waals surface area contributed by atoms with Crippen LogP contribution in [0.2, 0.25) is 0 Å².